The molecule has 0 aliphatic carbocycles. The maximum atomic E-state index is 12.5. The van der Waals surface area contributed by atoms with Gasteiger partial charge in [0.25, 0.3) is 0 Å². The fourth-order valence-corrected chi connectivity index (χ4v) is 2.23. The van der Waals surface area contributed by atoms with E-state index in [0.717, 1.165) is 23.1 Å². The summed E-state index contributed by atoms with van der Waals surface area (Å²) in [6, 6.07) is 14.8. The molecule has 0 bridgehead atoms. The van der Waals surface area contributed by atoms with Crippen molar-refractivity contribution in [1.29, 1.82) is 0 Å². The Morgan fingerprint density at radius 3 is 2.62 bits per heavy atom. The van der Waals surface area contributed by atoms with Crippen molar-refractivity contribution in [2.24, 2.45) is 0 Å². The van der Waals surface area contributed by atoms with Crippen LogP contribution in [0.2, 0.25) is 0 Å². The van der Waals surface area contributed by atoms with E-state index in [2.05, 4.69) is 6.92 Å². The van der Waals surface area contributed by atoms with E-state index in [-0.39, 0.29) is 5.78 Å². The van der Waals surface area contributed by atoms with E-state index in [1.54, 1.807) is 12.1 Å². The predicted octanol–water partition coefficient (Wildman–Crippen LogP) is 4.45. The first kappa shape index (κ1) is 13.4. The van der Waals surface area contributed by atoms with Crippen LogP contribution in [0.1, 0.15) is 29.3 Å². The number of carbonyl (C=O) groups is 1. The van der Waals surface area contributed by atoms with E-state index in [0.29, 0.717) is 17.7 Å². The van der Waals surface area contributed by atoms with Gasteiger partial charge in [-0.15, -0.1) is 0 Å². The molecule has 3 nitrogen and oxygen atoms in total. The van der Waals surface area contributed by atoms with Crippen molar-refractivity contribution in [2.45, 2.75) is 13.3 Å². The molecule has 21 heavy (non-hydrogen) atoms. The Bertz CT molecular complexity index is 753. The van der Waals surface area contributed by atoms with Crippen LogP contribution in [-0.4, -0.2) is 12.4 Å². The van der Waals surface area contributed by atoms with Crippen LogP contribution < -0.4 is 4.74 Å². The molecule has 3 heteroatoms. The molecular formula is C18H16O3. The number of furan rings is 1. The molecule has 0 amide bonds. The third-order valence-electron chi connectivity index (χ3n) is 3.31. The molecule has 0 fully saturated rings. The molecule has 0 saturated heterocycles. The highest BCUT2D eigenvalue weighted by Gasteiger charge is 2.15. The van der Waals surface area contributed by atoms with Crippen LogP contribution in [-0.2, 0) is 0 Å². The Morgan fingerprint density at radius 2 is 1.86 bits per heavy atom. The normalized spacial score (nSPS) is 10.7. The largest absolute Gasteiger partial charge is 0.494 e. The summed E-state index contributed by atoms with van der Waals surface area (Å²) in [6.45, 7) is 2.74. The lowest BCUT2D eigenvalue weighted by molar-refractivity contribution is 0.103. The molecule has 0 saturated carbocycles. The van der Waals surface area contributed by atoms with Crippen LogP contribution in [0.25, 0.3) is 11.0 Å². The van der Waals surface area contributed by atoms with Crippen molar-refractivity contribution in [3.63, 3.8) is 0 Å². The summed E-state index contributed by atoms with van der Waals surface area (Å²) in [4.78, 5) is 12.5. The van der Waals surface area contributed by atoms with Gasteiger partial charge in [-0.3, -0.25) is 4.79 Å². The maximum Gasteiger partial charge on any atom is 0.196 e. The zero-order valence-corrected chi connectivity index (χ0v) is 11.8. The van der Waals surface area contributed by atoms with Crippen molar-refractivity contribution >= 4 is 16.8 Å². The summed E-state index contributed by atoms with van der Waals surface area (Å²) in [5.74, 6) is 0.743. The molecule has 3 aromatic rings. The van der Waals surface area contributed by atoms with Gasteiger partial charge in [0, 0.05) is 10.9 Å². The average Bonchev–Trinajstić information content (AvgIpc) is 2.97. The fraction of sp³-hybridized carbons (Fsp3) is 0.167. The standard InChI is InChI=1S/C18H16O3/c1-2-11-20-14-9-7-13(8-10-14)18(19)16-12-21-17-6-4-3-5-15(16)17/h3-10,12H,2,11H2,1H3. The fourth-order valence-electron chi connectivity index (χ4n) is 2.23. The van der Waals surface area contributed by atoms with Crippen molar-refractivity contribution in [3.05, 3.63) is 65.9 Å². The minimum Gasteiger partial charge on any atom is -0.494 e. The van der Waals surface area contributed by atoms with Crippen LogP contribution in [0, 0.1) is 0 Å². The summed E-state index contributed by atoms with van der Waals surface area (Å²) >= 11 is 0. The molecule has 1 heterocycles. The zero-order valence-electron chi connectivity index (χ0n) is 11.8. The number of para-hydroxylation sites is 1. The molecule has 0 spiro atoms. The van der Waals surface area contributed by atoms with Gasteiger partial charge < -0.3 is 9.15 Å². The van der Waals surface area contributed by atoms with Crippen LogP contribution in [0.5, 0.6) is 5.75 Å². The van der Waals surface area contributed by atoms with E-state index in [9.17, 15) is 4.79 Å². The molecule has 0 N–H and O–H groups in total. The van der Waals surface area contributed by atoms with E-state index in [1.165, 1.54) is 6.26 Å². The van der Waals surface area contributed by atoms with Gasteiger partial charge in [-0.1, -0.05) is 25.1 Å². The van der Waals surface area contributed by atoms with Gasteiger partial charge >= 0.3 is 0 Å². The van der Waals surface area contributed by atoms with Crippen molar-refractivity contribution in [1.82, 2.24) is 0 Å². The molecule has 1 aromatic heterocycles. The number of carbonyl (C=O) groups excluding carboxylic acids is 1. The monoisotopic (exact) mass is 280 g/mol. The van der Waals surface area contributed by atoms with Gasteiger partial charge in [0.1, 0.15) is 17.6 Å². The first-order valence-electron chi connectivity index (χ1n) is 7.03. The molecule has 0 radical (unpaired) electrons. The van der Waals surface area contributed by atoms with Crippen LogP contribution in [0.4, 0.5) is 0 Å². The van der Waals surface area contributed by atoms with Crippen LogP contribution in [0.3, 0.4) is 0 Å². The van der Waals surface area contributed by atoms with E-state index < -0.39 is 0 Å². The van der Waals surface area contributed by atoms with Gasteiger partial charge in [-0.05, 0) is 36.8 Å². The predicted molar refractivity (Wildman–Crippen MR) is 81.9 cm³/mol. The van der Waals surface area contributed by atoms with E-state index >= 15 is 0 Å². The van der Waals surface area contributed by atoms with Crippen molar-refractivity contribution < 1.29 is 13.9 Å². The zero-order chi connectivity index (χ0) is 14.7. The van der Waals surface area contributed by atoms with Gasteiger partial charge in [0.05, 0.1) is 12.2 Å². The highest BCUT2D eigenvalue weighted by Crippen LogP contribution is 2.24. The second-order valence-corrected chi connectivity index (χ2v) is 4.85. The quantitative estimate of drug-likeness (QED) is 0.648. The number of hydrogen-bond donors (Lipinski definition) is 0. The molecule has 0 aliphatic heterocycles. The topological polar surface area (TPSA) is 39.4 Å². The van der Waals surface area contributed by atoms with Gasteiger partial charge in [-0.25, -0.2) is 0 Å². The van der Waals surface area contributed by atoms with E-state index in [1.807, 2.05) is 36.4 Å². The summed E-state index contributed by atoms with van der Waals surface area (Å²) in [6.07, 6.45) is 2.48. The molecule has 2 aromatic carbocycles. The number of fused-ring (bicyclic) bond motifs is 1. The lowest BCUT2D eigenvalue weighted by Crippen LogP contribution is -2.01. The third-order valence-corrected chi connectivity index (χ3v) is 3.31. The SMILES string of the molecule is CCCOc1ccc(C(=O)c2coc3ccccc23)cc1. The summed E-state index contributed by atoms with van der Waals surface area (Å²) in [7, 11) is 0. The van der Waals surface area contributed by atoms with Crippen molar-refractivity contribution in [2.75, 3.05) is 6.61 Å². The highest BCUT2D eigenvalue weighted by molar-refractivity contribution is 6.15. The van der Waals surface area contributed by atoms with Gasteiger partial charge in [-0.2, -0.15) is 0 Å². The Labute approximate surface area is 123 Å². The number of rotatable bonds is 5. The Morgan fingerprint density at radius 1 is 1.10 bits per heavy atom. The molecule has 0 unspecified atom stereocenters. The first-order chi connectivity index (χ1) is 10.3. The van der Waals surface area contributed by atoms with Crippen LogP contribution in [0.15, 0.2) is 59.2 Å². The summed E-state index contributed by atoms with van der Waals surface area (Å²) in [5.41, 5.74) is 1.95. The smallest absolute Gasteiger partial charge is 0.196 e. The summed E-state index contributed by atoms with van der Waals surface area (Å²) in [5, 5.41) is 0.841. The third kappa shape index (κ3) is 2.68. The van der Waals surface area contributed by atoms with Crippen molar-refractivity contribution in [3.8, 4) is 5.75 Å². The molecule has 106 valence electrons. The number of ketones is 1. The van der Waals surface area contributed by atoms with Gasteiger partial charge in [0.2, 0.25) is 0 Å². The molecule has 0 aliphatic rings. The second-order valence-electron chi connectivity index (χ2n) is 4.85. The molecule has 0 atom stereocenters. The summed E-state index contributed by atoms with van der Waals surface area (Å²) < 4.78 is 10.9. The lowest BCUT2D eigenvalue weighted by Gasteiger charge is -2.05. The Hall–Kier alpha value is -2.55. The maximum absolute atomic E-state index is 12.5. The first-order valence-corrected chi connectivity index (χ1v) is 7.03. The van der Waals surface area contributed by atoms with Gasteiger partial charge in [0.15, 0.2) is 5.78 Å². The Kier molecular flexibility index (Phi) is 3.73. The minimum absolute atomic E-state index is 0.0398. The second kappa shape index (κ2) is 5.83. The number of hydrogen-bond acceptors (Lipinski definition) is 3. The average molecular weight is 280 g/mol. The number of ether oxygens (including phenoxy) is 1. The number of benzene rings is 2. The minimum atomic E-state index is -0.0398. The highest BCUT2D eigenvalue weighted by atomic mass is 16.5. The molecule has 3 rings (SSSR count). The van der Waals surface area contributed by atoms with Crippen LogP contribution >= 0.6 is 0 Å². The van der Waals surface area contributed by atoms with E-state index in [4.69, 9.17) is 9.15 Å². The molecular weight excluding hydrogens is 264 g/mol. The lowest BCUT2D eigenvalue weighted by atomic mass is 10.0. The Balaban J connectivity index is 1.88.